The molecule has 8 nitrogen and oxygen atoms in total. The van der Waals surface area contributed by atoms with Crippen molar-refractivity contribution < 1.29 is 18.9 Å². The lowest BCUT2D eigenvalue weighted by molar-refractivity contribution is 0.101. The molecule has 0 spiro atoms. The summed E-state index contributed by atoms with van der Waals surface area (Å²) in [5.41, 5.74) is 1.08. The molecule has 2 aliphatic heterocycles. The Hall–Kier alpha value is -2.32. The molecule has 2 aliphatic rings. The second-order valence-corrected chi connectivity index (χ2v) is 7.17. The van der Waals surface area contributed by atoms with Gasteiger partial charge >= 0.3 is 0 Å². The Morgan fingerprint density at radius 3 is 2.50 bits per heavy atom. The van der Waals surface area contributed by atoms with Crippen LogP contribution in [0.5, 0.6) is 17.2 Å². The second kappa shape index (κ2) is 8.36. The van der Waals surface area contributed by atoms with Crippen LogP contribution in [0.1, 0.15) is 36.2 Å². The topological polar surface area (TPSA) is 70.9 Å². The molecule has 1 fully saturated rings. The molecular weight excluding hydrogens is 360 g/mol. The quantitative estimate of drug-likeness (QED) is 0.751. The van der Waals surface area contributed by atoms with Crippen molar-refractivity contribution in [3.05, 3.63) is 29.3 Å². The van der Waals surface area contributed by atoms with Crippen molar-refractivity contribution in [1.82, 2.24) is 19.7 Å². The number of rotatable bonds is 6. The predicted molar refractivity (Wildman–Crippen MR) is 103 cm³/mol. The third kappa shape index (κ3) is 3.66. The first-order chi connectivity index (χ1) is 13.7. The van der Waals surface area contributed by atoms with Crippen LogP contribution in [0, 0.1) is 0 Å². The van der Waals surface area contributed by atoms with Crippen LogP contribution in [0.4, 0.5) is 0 Å². The van der Waals surface area contributed by atoms with E-state index in [4.69, 9.17) is 18.9 Å². The van der Waals surface area contributed by atoms with Gasteiger partial charge in [-0.1, -0.05) is 0 Å². The number of aromatic nitrogens is 3. The van der Waals surface area contributed by atoms with Crippen LogP contribution in [0.2, 0.25) is 0 Å². The fraction of sp³-hybridized carbons (Fsp3) is 0.600. The normalized spacial score (nSPS) is 19.9. The number of fused-ring (bicyclic) bond motifs is 1. The second-order valence-electron chi connectivity index (χ2n) is 7.17. The maximum Gasteiger partial charge on any atom is 0.164 e. The molecule has 0 amide bonds. The monoisotopic (exact) mass is 388 g/mol. The zero-order valence-corrected chi connectivity index (χ0v) is 16.8. The fourth-order valence-electron chi connectivity index (χ4n) is 4.02. The van der Waals surface area contributed by atoms with Gasteiger partial charge in [0.2, 0.25) is 0 Å². The van der Waals surface area contributed by atoms with Gasteiger partial charge in [0.05, 0.1) is 21.3 Å². The molecule has 1 aromatic carbocycles. The maximum atomic E-state index is 5.83. The third-order valence-electron chi connectivity index (χ3n) is 5.55. The molecule has 0 bridgehead atoms. The van der Waals surface area contributed by atoms with Crippen LogP contribution >= 0.6 is 0 Å². The van der Waals surface area contributed by atoms with Gasteiger partial charge < -0.3 is 23.5 Å². The fourth-order valence-corrected chi connectivity index (χ4v) is 4.02. The number of hydrogen-bond donors (Lipinski definition) is 0. The molecule has 1 atom stereocenters. The van der Waals surface area contributed by atoms with Gasteiger partial charge in [0.25, 0.3) is 0 Å². The van der Waals surface area contributed by atoms with E-state index in [-0.39, 0.29) is 6.10 Å². The first kappa shape index (κ1) is 19.0. The first-order valence-corrected chi connectivity index (χ1v) is 9.78. The van der Waals surface area contributed by atoms with Crippen molar-refractivity contribution in [2.24, 2.45) is 0 Å². The molecule has 0 radical (unpaired) electrons. The Bertz CT molecular complexity index is 817. The highest BCUT2D eigenvalue weighted by Gasteiger charge is 2.27. The van der Waals surface area contributed by atoms with Gasteiger partial charge in [0.1, 0.15) is 17.7 Å². The molecule has 4 rings (SSSR count). The largest absolute Gasteiger partial charge is 0.496 e. The van der Waals surface area contributed by atoms with Gasteiger partial charge in [0.15, 0.2) is 17.3 Å². The highest BCUT2D eigenvalue weighted by molar-refractivity contribution is 5.50. The van der Waals surface area contributed by atoms with Gasteiger partial charge in [-0.05, 0) is 18.9 Å². The molecular formula is C20H28N4O4. The minimum Gasteiger partial charge on any atom is -0.496 e. The van der Waals surface area contributed by atoms with Gasteiger partial charge in [-0.2, -0.15) is 0 Å². The van der Waals surface area contributed by atoms with Gasteiger partial charge in [-0.3, -0.25) is 4.90 Å². The standard InChI is InChI=1S/C20H28N4O4/c1-25-16-12-18(27-3)17(26-2)11-14(16)13-23-7-6-19-21-22-20(24(19)9-8-23)15-5-4-10-28-15/h11-12,15H,4-10,13H2,1-3H3. The maximum absolute atomic E-state index is 5.83. The van der Waals surface area contributed by atoms with Crippen LogP contribution in [0.25, 0.3) is 0 Å². The third-order valence-corrected chi connectivity index (χ3v) is 5.55. The summed E-state index contributed by atoms with van der Waals surface area (Å²) in [6.07, 6.45) is 3.09. The molecule has 1 aromatic heterocycles. The molecule has 3 heterocycles. The summed E-state index contributed by atoms with van der Waals surface area (Å²) in [5.74, 6) is 4.23. The van der Waals surface area contributed by atoms with Crippen molar-refractivity contribution >= 4 is 0 Å². The van der Waals surface area contributed by atoms with Gasteiger partial charge in [0, 0.05) is 50.8 Å². The van der Waals surface area contributed by atoms with Crippen LogP contribution in [0.15, 0.2) is 12.1 Å². The molecule has 8 heteroatoms. The highest BCUT2D eigenvalue weighted by atomic mass is 16.5. The molecule has 2 aromatic rings. The van der Waals surface area contributed by atoms with Crippen LogP contribution in [0.3, 0.4) is 0 Å². The molecule has 1 saturated heterocycles. The first-order valence-electron chi connectivity index (χ1n) is 9.78. The van der Waals surface area contributed by atoms with E-state index in [2.05, 4.69) is 19.7 Å². The Morgan fingerprint density at radius 1 is 1.00 bits per heavy atom. The summed E-state index contributed by atoms with van der Waals surface area (Å²) >= 11 is 0. The minimum atomic E-state index is 0.0961. The molecule has 0 saturated carbocycles. The van der Waals surface area contributed by atoms with E-state index < -0.39 is 0 Å². The van der Waals surface area contributed by atoms with Crippen molar-refractivity contribution in [2.45, 2.75) is 38.5 Å². The predicted octanol–water partition coefficient (Wildman–Crippen LogP) is 2.21. The number of ether oxygens (including phenoxy) is 4. The van der Waals surface area contributed by atoms with E-state index in [9.17, 15) is 0 Å². The van der Waals surface area contributed by atoms with Gasteiger partial charge in [-0.25, -0.2) is 0 Å². The van der Waals surface area contributed by atoms with Crippen LogP contribution < -0.4 is 14.2 Å². The Balaban J connectivity index is 1.50. The lowest BCUT2D eigenvalue weighted by Crippen LogP contribution is -2.27. The summed E-state index contributed by atoms with van der Waals surface area (Å²) in [4.78, 5) is 2.41. The number of nitrogens with zero attached hydrogens (tertiary/aromatic N) is 4. The average Bonchev–Trinajstić information content (AvgIpc) is 3.35. The SMILES string of the molecule is COc1cc(OC)c(OC)cc1CN1CCc2nnc(C3CCCO3)n2CC1. The summed E-state index contributed by atoms with van der Waals surface area (Å²) in [5, 5.41) is 8.85. The number of benzene rings is 1. The van der Waals surface area contributed by atoms with E-state index in [0.29, 0.717) is 11.5 Å². The van der Waals surface area contributed by atoms with Crippen molar-refractivity contribution in [3.63, 3.8) is 0 Å². The van der Waals surface area contributed by atoms with E-state index in [0.717, 1.165) is 75.0 Å². The van der Waals surface area contributed by atoms with Gasteiger partial charge in [-0.15, -0.1) is 10.2 Å². The zero-order valence-electron chi connectivity index (χ0n) is 16.8. The smallest absolute Gasteiger partial charge is 0.164 e. The summed E-state index contributed by atoms with van der Waals surface area (Å²) in [6.45, 7) is 4.30. The molecule has 0 N–H and O–H groups in total. The molecule has 0 aliphatic carbocycles. The Kier molecular flexibility index (Phi) is 5.68. The van der Waals surface area contributed by atoms with Crippen LogP contribution in [-0.2, 0) is 24.2 Å². The van der Waals surface area contributed by atoms with E-state index >= 15 is 0 Å². The molecule has 1 unspecified atom stereocenters. The number of hydrogen-bond acceptors (Lipinski definition) is 7. The molecule has 28 heavy (non-hydrogen) atoms. The summed E-state index contributed by atoms with van der Waals surface area (Å²) < 4.78 is 24.5. The molecule has 152 valence electrons. The summed E-state index contributed by atoms with van der Waals surface area (Å²) in [7, 11) is 4.97. The van der Waals surface area contributed by atoms with Crippen molar-refractivity contribution in [1.29, 1.82) is 0 Å². The van der Waals surface area contributed by atoms with E-state index in [1.165, 1.54) is 0 Å². The highest BCUT2D eigenvalue weighted by Crippen LogP contribution is 2.35. The Labute approximate surface area is 165 Å². The van der Waals surface area contributed by atoms with Crippen molar-refractivity contribution in [2.75, 3.05) is 41.0 Å². The van der Waals surface area contributed by atoms with Crippen LogP contribution in [-0.4, -0.2) is 60.7 Å². The zero-order chi connectivity index (χ0) is 19.5. The average molecular weight is 388 g/mol. The summed E-state index contributed by atoms with van der Waals surface area (Å²) in [6, 6.07) is 3.89. The lowest BCUT2D eigenvalue weighted by Gasteiger charge is -2.22. The Morgan fingerprint density at radius 2 is 1.79 bits per heavy atom. The number of methoxy groups -OCH3 is 3. The van der Waals surface area contributed by atoms with E-state index in [1.807, 2.05) is 12.1 Å². The lowest BCUT2D eigenvalue weighted by atomic mass is 10.1. The minimum absolute atomic E-state index is 0.0961. The van der Waals surface area contributed by atoms with E-state index in [1.54, 1.807) is 21.3 Å². The van der Waals surface area contributed by atoms with Crippen molar-refractivity contribution in [3.8, 4) is 17.2 Å².